The van der Waals surface area contributed by atoms with Crippen LogP contribution in [-0.2, 0) is 4.79 Å². The van der Waals surface area contributed by atoms with E-state index >= 15 is 0 Å². The number of nitrogens with zero attached hydrogens (tertiary/aromatic N) is 1. The van der Waals surface area contributed by atoms with E-state index in [-0.39, 0.29) is 12.5 Å². The van der Waals surface area contributed by atoms with Gasteiger partial charge in [0.25, 0.3) is 0 Å². The SMILES string of the molecule is COc1ccccc1C(CCCC(=O)O)N(C)C. The number of hydrogen-bond donors (Lipinski definition) is 1. The number of benzene rings is 1. The molecule has 0 saturated carbocycles. The lowest BCUT2D eigenvalue weighted by molar-refractivity contribution is -0.137. The van der Waals surface area contributed by atoms with Crippen LogP contribution >= 0.6 is 0 Å². The van der Waals surface area contributed by atoms with Crippen LogP contribution in [0.15, 0.2) is 24.3 Å². The van der Waals surface area contributed by atoms with E-state index < -0.39 is 5.97 Å². The van der Waals surface area contributed by atoms with Gasteiger partial charge in [-0.05, 0) is 33.0 Å². The van der Waals surface area contributed by atoms with Crippen molar-refractivity contribution in [1.82, 2.24) is 4.90 Å². The molecule has 1 atom stereocenters. The van der Waals surface area contributed by atoms with Crippen LogP contribution in [0.3, 0.4) is 0 Å². The first-order valence-corrected chi connectivity index (χ1v) is 6.07. The van der Waals surface area contributed by atoms with Crippen LogP contribution < -0.4 is 4.74 Å². The molecule has 0 spiro atoms. The summed E-state index contributed by atoms with van der Waals surface area (Å²) in [7, 11) is 5.65. The summed E-state index contributed by atoms with van der Waals surface area (Å²) in [6.07, 6.45) is 1.68. The lowest BCUT2D eigenvalue weighted by Gasteiger charge is -2.26. The Morgan fingerprint density at radius 3 is 2.61 bits per heavy atom. The van der Waals surface area contributed by atoms with Gasteiger partial charge in [-0.25, -0.2) is 0 Å². The van der Waals surface area contributed by atoms with Crippen molar-refractivity contribution in [2.45, 2.75) is 25.3 Å². The molecule has 4 heteroatoms. The van der Waals surface area contributed by atoms with Gasteiger partial charge < -0.3 is 14.7 Å². The lowest BCUT2D eigenvalue weighted by Crippen LogP contribution is -2.20. The van der Waals surface area contributed by atoms with E-state index in [4.69, 9.17) is 9.84 Å². The standard InChI is InChI=1S/C14H21NO3/c1-15(2)12(8-6-10-14(16)17)11-7-4-5-9-13(11)18-3/h4-5,7,9,12H,6,8,10H2,1-3H3,(H,16,17). The quantitative estimate of drug-likeness (QED) is 0.809. The van der Waals surface area contributed by atoms with Gasteiger partial charge in [0.15, 0.2) is 0 Å². The van der Waals surface area contributed by atoms with Gasteiger partial charge in [-0.15, -0.1) is 0 Å². The van der Waals surface area contributed by atoms with Crippen LogP contribution in [0.1, 0.15) is 30.9 Å². The highest BCUT2D eigenvalue weighted by Crippen LogP contribution is 2.31. The third-order valence-electron chi connectivity index (χ3n) is 2.99. The first kappa shape index (κ1) is 14.5. The van der Waals surface area contributed by atoms with Crippen LogP contribution in [0.25, 0.3) is 0 Å². The highest BCUT2D eigenvalue weighted by atomic mass is 16.5. The molecule has 1 N–H and O–H groups in total. The molecular formula is C14H21NO3. The minimum Gasteiger partial charge on any atom is -0.496 e. The molecule has 0 fully saturated rings. The van der Waals surface area contributed by atoms with Gasteiger partial charge >= 0.3 is 5.97 Å². The van der Waals surface area contributed by atoms with Crippen molar-refractivity contribution in [2.75, 3.05) is 21.2 Å². The largest absolute Gasteiger partial charge is 0.496 e. The third-order valence-corrected chi connectivity index (χ3v) is 2.99. The molecule has 1 rings (SSSR count). The molecule has 1 aromatic rings. The molecule has 4 nitrogen and oxygen atoms in total. The zero-order chi connectivity index (χ0) is 13.5. The van der Waals surface area contributed by atoms with Crippen molar-refractivity contribution in [3.63, 3.8) is 0 Å². The maximum Gasteiger partial charge on any atom is 0.303 e. The fourth-order valence-electron chi connectivity index (χ4n) is 2.08. The van der Waals surface area contributed by atoms with Crippen LogP contribution in [0, 0.1) is 0 Å². The Kier molecular flexibility index (Phi) is 5.65. The summed E-state index contributed by atoms with van der Waals surface area (Å²) in [5.74, 6) is 0.110. The van der Waals surface area contributed by atoms with Gasteiger partial charge in [0.05, 0.1) is 7.11 Å². The molecule has 1 aromatic carbocycles. The fraction of sp³-hybridized carbons (Fsp3) is 0.500. The van der Waals surface area contributed by atoms with E-state index in [2.05, 4.69) is 4.90 Å². The maximum absolute atomic E-state index is 10.6. The Balaban J connectivity index is 2.80. The van der Waals surface area contributed by atoms with Gasteiger partial charge in [0, 0.05) is 18.0 Å². The van der Waals surface area contributed by atoms with Gasteiger partial charge in [0.2, 0.25) is 0 Å². The number of carboxylic acids is 1. The van der Waals surface area contributed by atoms with Crippen LogP contribution in [0.4, 0.5) is 0 Å². The minimum atomic E-state index is -0.743. The van der Waals surface area contributed by atoms with Crippen LogP contribution in [0.2, 0.25) is 0 Å². The van der Waals surface area contributed by atoms with E-state index in [0.717, 1.165) is 17.7 Å². The average Bonchev–Trinajstić information content (AvgIpc) is 2.34. The van der Waals surface area contributed by atoms with Crippen molar-refractivity contribution in [3.05, 3.63) is 29.8 Å². The molecule has 0 saturated heterocycles. The minimum absolute atomic E-state index is 0.181. The van der Waals surface area contributed by atoms with Crippen molar-refractivity contribution in [2.24, 2.45) is 0 Å². The summed E-state index contributed by atoms with van der Waals surface area (Å²) in [5, 5.41) is 8.70. The summed E-state index contributed by atoms with van der Waals surface area (Å²) < 4.78 is 5.36. The van der Waals surface area contributed by atoms with E-state index in [1.165, 1.54) is 0 Å². The Bertz CT molecular complexity index is 390. The van der Waals surface area contributed by atoms with Gasteiger partial charge in [-0.1, -0.05) is 18.2 Å². The van der Waals surface area contributed by atoms with E-state index in [0.29, 0.717) is 6.42 Å². The Hall–Kier alpha value is -1.55. The number of carboxylic acid groups (broad SMARTS) is 1. The zero-order valence-electron chi connectivity index (χ0n) is 11.2. The predicted octanol–water partition coefficient (Wildman–Crippen LogP) is 2.55. The number of rotatable bonds is 7. The Labute approximate surface area is 108 Å². The number of para-hydroxylation sites is 1. The number of ether oxygens (including phenoxy) is 1. The van der Waals surface area contributed by atoms with Gasteiger partial charge in [0.1, 0.15) is 5.75 Å². The maximum atomic E-state index is 10.6. The first-order chi connectivity index (χ1) is 8.56. The highest BCUT2D eigenvalue weighted by Gasteiger charge is 2.18. The molecule has 0 aliphatic carbocycles. The lowest BCUT2D eigenvalue weighted by atomic mass is 9.99. The second-order valence-electron chi connectivity index (χ2n) is 4.51. The third kappa shape index (κ3) is 4.04. The summed E-state index contributed by atoms with van der Waals surface area (Å²) in [6, 6.07) is 8.06. The molecule has 0 aliphatic rings. The molecule has 0 aliphatic heterocycles. The molecule has 100 valence electrons. The summed E-state index contributed by atoms with van der Waals surface area (Å²) in [4.78, 5) is 12.7. The van der Waals surface area contributed by atoms with E-state index in [1.807, 2.05) is 38.4 Å². The predicted molar refractivity (Wildman–Crippen MR) is 70.9 cm³/mol. The first-order valence-electron chi connectivity index (χ1n) is 6.07. The Morgan fingerprint density at radius 1 is 1.39 bits per heavy atom. The summed E-state index contributed by atoms with van der Waals surface area (Å²) >= 11 is 0. The van der Waals surface area contributed by atoms with Crippen LogP contribution in [0.5, 0.6) is 5.75 Å². The highest BCUT2D eigenvalue weighted by molar-refractivity contribution is 5.66. The summed E-state index contributed by atoms with van der Waals surface area (Å²) in [6.45, 7) is 0. The average molecular weight is 251 g/mol. The van der Waals surface area contributed by atoms with Crippen molar-refractivity contribution >= 4 is 5.97 Å². The van der Waals surface area contributed by atoms with E-state index in [9.17, 15) is 4.79 Å². The van der Waals surface area contributed by atoms with Gasteiger partial charge in [-0.2, -0.15) is 0 Å². The summed E-state index contributed by atoms with van der Waals surface area (Å²) in [5.41, 5.74) is 1.11. The molecule has 0 heterocycles. The van der Waals surface area contributed by atoms with Crippen molar-refractivity contribution in [1.29, 1.82) is 0 Å². The number of carbonyl (C=O) groups is 1. The molecule has 0 radical (unpaired) electrons. The molecule has 1 unspecified atom stereocenters. The smallest absolute Gasteiger partial charge is 0.303 e. The molecule has 0 bridgehead atoms. The molecule has 0 amide bonds. The fourth-order valence-corrected chi connectivity index (χ4v) is 2.08. The molecular weight excluding hydrogens is 230 g/mol. The monoisotopic (exact) mass is 251 g/mol. The van der Waals surface area contributed by atoms with Crippen molar-refractivity contribution < 1.29 is 14.6 Å². The number of hydrogen-bond acceptors (Lipinski definition) is 3. The Morgan fingerprint density at radius 2 is 2.06 bits per heavy atom. The second kappa shape index (κ2) is 7.01. The van der Waals surface area contributed by atoms with Crippen molar-refractivity contribution in [3.8, 4) is 5.75 Å². The van der Waals surface area contributed by atoms with E-state index in [1.54, 1.807) is 7.11 Å². The zero-order valence-corrected chi connectivity index (χ0v) is 11.2. The van der Waals surface area contributed by atoms with Crippen LogP contribution in [-0.4, -0.2) is 37.2 Å². The normalized spacial score (nSPS) is 12.4. The molecule has 18 heavy (non-hydrogen) atoms. The van der Waals surface area contributed by atoms with Gasteiger partial charge in [-0.3, -0.25) is 4.79 Å². The number of methoxy groups -OCH3 is 1. The second-order valence-corrected chi connectivity index (χ2v) is 4.51. The molecule has 0 aromatic heterocycles. The topological polar surface area (TPSA) is 49.8 Å². The number of aliphatic carboxylic acids is 1.